The maximum atomic E-state index is 13.1. The van der Waals surface area contributed by atoms with Crippen LogP contribution in [0.15, 0.2) is 17.7 Å². The number of carbonyl (C=O) groups is 3. The quantitative estimate of drug-likeness (QED) is 0.151. The first-order valence-corrected chi connectivity index (χ1v) is 12.8. The topological polar surface area (TPSA) is 103 Å². The highest BCUT2D eigenvalue weighted by Crippen LogP contribution is 2.32. The number of Topliss-reactive ketones (excluding diaryl/α,β-unsaturated/α-hetero) is 1. The first kappa shape index (κ1) is 27.3. The molecule has 0 N–H and O–H groups in total. The summed E-state index contributed by atoms with van der Waals surface area (Å²) < 4.78 is 17.4. The Morgan fingerprint density at radius 1 is 1.12 bits per heavy atom. The molecule has 7 nitrogen and oxygen atoms in total. The van der Waals surface area contributed by atoms with E-state index in [1.54, 1.807) is 20.8 Å². The maximum Gasteiger partial charge on any atom is 0.348 e. The van der Waals surface area contributed by atoms with E-state index in [0.717, 1.165) is 18.5 Å². The van der Waals surface area contributed by atoms with Crippen molar-refractivity contribution in [2.75, 3.05) is 20.3 Å². The van der Waals surface area contributed by atoms with Crippen LogP contribution in [0.2, 0.25) is 0 Å². The molecule has 1 heterocycles. The van der Waals surface area contributed by atoms with E-state index in [1.165, 1.54) is 13.2 Å². The predicted molar refractivity (Wildman–Crippen MR) is 142 cm³/mol. The fourth-order valence-electron chi connectivity index (χ4n) is 3.03. The molecule has 0 atom stereocenters. The molecule has 1 aromatic heterocycles. The van der Waals surface area contributed by atoms with Crippen molar-refractivity contribution in [3.63, 3.8) is 0 Å². The standard InChI is InChI=1S/C23H21I2NO6S/c1-5-31-22(28)19-12(3)21(23(29)32-6-2)33-18(19)10-17(27)14(11-26)7-13-8-15(24)9-16(25)20(13)30-4/h7-9H,5-6,10H2,1-4H3. The van der Waals surface area contributed by atoms with Gasteiger partial charge in [0.25, 0.3) is 0 Å². The summed E-state index contributed by atoms with van der Waals surface area (Å²) in [5, 5.41) is 9.67. The first-order valence-electron chi connectivity index (χ1n) is 9.82. The monoisotopic (exact) mass is 693 g/mol. The molecule has 0 saturated carbocycles. The van der Waals surface area contributed by atoms with Gasteiger partial charge in [-0.3, -0.25) is 4.79 Å². The van der Waals surface area contributed by atoms with E-state index in [4.69, 9.17) is 14.2 Å². The lowest BCUT2D eigenvalue weighted by Gasteiger charge is -2.09. The summed E-state index contributed by atoms with van der Waals surface area (Å²) in [7, 11) is 1.52. The van der Waals surface area contributed by atoms with Gasteiger partial charge in [0.1, 0.15) is 16.7 Å². The van der Waals surface area contributed by atoms with Crippen molar-refractivity contribution < 1.29 is 28.6 Å². The third-order valence-electron chi connectivity index (χ3n) is 4.44. The van der Waals surface area contributed by atoms with Gasteiger partial charge in [-0.2, -0.15) is 5.26 Å². The summed E-state index contributed by atoms with van der Waals surface area (Å²) >= 11 is 5.27. The molecule has 0 saturated heterocycles. The fraction of sp³-hybridized carbons (Fsp3) is 0.304. The number of methoxy groups -OCH3 is 1. The number of benzene rings is 1. The Hall–Kier alpha value is -1.98. The van der Waals surface area contributed by atoms with Crippen LogP contribution in [-0.2, 0) is 20.7 Å². The van der Waals surface area contributed by atoms with Crippen LogP contribution in [0.5, 0.6) is 5.75 Å². The molecule has 2 aromatic rings. The van der Waals surface area contributed by atoms with Crippen LogP contribution in [0.25, 0.3) is 6.08 Å². The Balaban J connectivity index is 2.51. The SMILES string of the molecule is CCOC(=O)c1sc(CC(=O)C(C#N)=Cc2cc(I)cc(I)c2OC)c(C(=O)OCC)c1C. The summed E-state index contributed by atoms with van der Waals surface area (Å²) in [5.74, 6) is -1.13. The number of ether oxygens (including phenoxy) is 3. The lowest BCUT2D eigenvalue weighted by molar-refractivity contribution is -0.114. The molecule has 0 spiro atoms. The zero-order valence-corrected chi connectivity index (χ0v) is 23.5. The first-order chi connectivity index (χ1) is 15.7. The smallest absolute Gasteiger partial charge is 0.348 e. The second-order valence-electron chi connectivity index (χ2n) is 6.58. The largest absolute Gasteiger partial charge is 0.495 e. The third-order valence-corrected chi connectivity index (χ3v) is 7.14. The Morgan fingerprint density at radius 2 is 1.76 bits per heavy atom. The molecule has 0 bridgehead atoms. The van der Waals surface area contributed by atoms with E-state index in [9.17, 15) is 19.6 Å². The minimum Gasteiger partial charge on any atom is -0.495 e. The van der Waals surface area contributed by atoms with Crippen molar-refractivity contribution in [2.24, 2.45) is 0 Å². The zero-order chi connectivity index (χ0) is 24.7. The molecular formula is C23H21I2NO6S. The molecule has 0 aliphatic carbocycles. The van der Waals surface area contributed by atoms with Crippen LogP contribution < -0.4 is 4.74 Å². The Bertz CT molecular complexity index is 1160. The van der Waals surface area contributed by atoms with Gasteiger partial charge in [-0.05, 0) is 89.7 Å². The van der Waals surface area contributed by atoms with E-state index in [-0.39, 0.29) is 35.6 Å². The second kappa shape index (κ2) is 12.5. The lowest BCUT2D eigenvalue weighted by Crippen LogP contribution is -2.12. The van der Waals surface area contributed by atoms with E-state index in [1.807, 2.05) is 18.2 Å². The minimum atomic E-state index is -0.624. The summed E-state index contributed by atoms with van der Waals surface area (Å²) in [6.07, 6.45) is 1.24. The number of allylic oxidation sites excluding steroid dienone is 1. The van der Waals surface area contributed by atoms with Gasteiger partial charge >= 0.3 is 11.9 Å². The average Bonchev–Trinajstić information content (AvgIpc) is 3.07. The highest BCUT2D eigenvalue weighted by Gasteiger charge is 2.28. The van der Waals surface area contributed by atoms with Crippen molar-refractivity contribution in [3.05, 3.63) is 51.3 Å². The van der Waals surface area contributed by atoms with Gasteiger partial charge in [-0.25, -0.2) is 9.59 Å². The molecule has 33 heavy (non-hydrogen) atoms. The number of thiophene rings is 1. The highest BCUT2D eigenvalue weighted by atomic mass is 127. The molecule has 0 aliphatic heterocycles. The summed E-state index contributed by atoms with van der Waals surface area (Å²) in [6, 6.07) is 5.68. The van der Waals surface area contributed by atoms with Crippen molar-refractivity contribution >= 4 is 80.3 Å². The van der Waals surface area contributed by atoms with Crippen LogP contribution in [0, 0.1) is 25.4 Å². The van der Waals surface area contributed by atoms with E-state index >= 15 is 0 Å². The molecule has 0 unspecified atom stereocenters. The molecule has 10 heteroatoms. The number of hydrogen-bond donors (Lipinski definition) is 0. The van der Waals surface area contributed by atoms with E-state index < -0.39 is 17.7 Å². The van der Waals surface area contributed by atoms with Gasteiger partial charge < -0.3 is 14.2 Å². The molecule has 174 valence electrons. The molecule has 0 amide bonds. The minimum absolute atomic E-state index is 0.0929. The number of hydrogen-bond acceptors (Lipinski definition) is 8. The summed E-state index contributed by atoms with van der Waals surface area (Å²) in [5.41, 5.74) is 1.07. The molecule has 2 rings (SSSR count). The number of ketones is 1. The Labute approximate surface area is 223 Å². The van der Waals surface area contributed by atoms with E-state index in [0.29, 0.717) is 21.8 Å². The van der Waals surface area contributed by atoms with E-state index in [2.05, 4.69) is 45.2 Å². The number of nitriles is 1. The Kier molecular flexibility index (Phi) is 10.3. The van der Waals surface area contributed by atoms with Crippen LogP contribution in [0.4, 0.5) is 0 Å². The summed E-state index contributed by atoms with van der Waals surface area (Å²) in [6.45, 7) is 5.29. The number of rotatable bonds is 9. The van der Waals surface area contributed by atoms with Gasteiger partial charge in [-0.1, -0.05) is 0 Å². The fourth-order valence-corrected chi connectivity index (χ4v) is 6.33. The number of esters is 2. The molecule has 0 radical (unpaired) electrons. The molecular weight excluding hydrogens is 672 g/mol. The molecule has 0 aliphatic rings. The zero-order valence-electron chi connectivity index (χ0n) is 18.4. The van der Waals surface area contributed by atoms with Gasteiger partial charge in [0.15, 0.2) is 5.78 Å². The van der Waals surface area contributed by atoms with Gasteiger partial charge in [0, 0.05) is 20.4 Å². The van der Waals surface area contributed by atoms with Gasteiger partial charge in [0.2, 0.25) is 0 Å². The van der Waals surface area contributed by atoms with Crippen LogP contribution in [0.3, 0.4) is 0 Å². The average molecular weight is 693 g/mol. The van der Waals surface area contributed by atoms with Gasteiger partial charge in [-0.15, -0.1) is 11.3 Å². The molecule has 1 aromatic carbocycles. The van der Waals surface area contributed by atoms with Crippen molar-refractivity contribution in [2.45, 2.75) is 27.2 Å². The van der Waals surface area contributed by atoms with Crippen LogP contribution in [0.1, 0.15) is 49.9 Å². The van der Waals surface area contributed by atoms with Crippen molar-refractivity contribution in [3.8, 4) is 11.8 Å². The number of halogens is 2. The van der Waals surface area contributed by atoms with Crippen LogP contribution >= 0.6 is 56.5 Å². The third kappa shape index (κ3) is 6.54. The second-order valence-corrected chi connectivity index (χ2v) is 10.1. The number of carbonyl (C=O) groups excluding carboxylic acids is 3. The lowest BCUT2D eigenvalue weighted by atomic mass is 10.0. The summed E-state index contributed by atoms with van der Waals surface area (Å²) in [4.78, 5) is 38.6. The Morgan fingerprint density at radius 3 is 2.33 bits per heavy atom. The predicted octanol–water partition coefficient (Wildman–Crippen LogP) is 5.35. The molecule has 0 fully saturated rings. The maximum absolute atomic E-state index is 13.1. The van der Waals surface area contributed by atoms with Crippen molar-refractivity contribution in [1.29, 1.82) is 5.26 Å². The van der Waals surface area contributed by atoms with Gasteiger partial charge in [0.05, 0.1) is 35.0 Å². The highest BCUT2D eigenvalue weighted by molar-refractivity contribution is 14.1. The number of nitrogens with zero attached hydrogens (tertiary/aromatic N) is 1. The normalized spacial score (nSPS) is 11.0. The van der Waals surface area contributed by atoms with Crippen LogP contribution in [-0.4, -0.2) is 38.0 Å². The van der Waals surface area contributed by atoms with Crippen molar-refractivity contribution in [1.82, 2.24) is 0 Å².